The third-order valence-corrected chi connectivity index (χ3v) is 4.83. The normalized spacial score (nSPS) is 10.6. The van der Waals surface area contributed by atoms with E-state index in [0.717, 1.165) is 32.7 Å². The molecule has 0 spiro atoms. The number of hydrogen-bond donors (Lipinski definition) is 3. The third kappa shape index (κ3) is 4.62. The molecule has 0 bridgehead atoms. The zero-order chi connectivity index (χ0) is 21.1. The van der Waals surface area contributed by atoms with Crippen LogP contribution in [0.3, 0.4) is 0 Å². The number of carbonyl (C=O) groups excluding carboxylic acids is 1. The van der Waals surface area contributed by atoms with E-state index in [1.165, 1.54) is 6.33 Å². The summed E-state index contributed by atoms with van der Waals surface area (Å²) < 4.78 is 28.0. The van der Waals surface area contributed by atoms with Crippen molar-refractivity contribution < 1.29 is 13.6 Å². The molecule has 0 unspecified atom stereocenters. The Kier molecular flexibility index (Phi) is 5.70. The van der Waals surface area contributed by atoms with Gasteiger partial charge in [-0.3, -0.25) is 0 Å². The summed E-state index contributed by atoms with van der Waals surface area (Å²) in [5.41, 5.74) is 1.70. The number of amides is 2. The summed E-state index contributed by atoms with van der Waals surface area (Å²) in [5, 5.41) is 8.97. The second-order valence-corrected chi connectivity index (χ2v) is 7.54. The van der Waals surface area contributed by atoms with E-state index in [1.807, 2.05) is 24.3 Å². The highest BCUT2D eigenvalue weighted by atomic mass is 127. The van der Waals surface area contributed by atoms with E-state index >= 15 is 0 Å². The smallest absolute Gasteiger partial charge is 0.323 e. The van der Waals surface area contributed by atoms with Gasteiger partial charge < -0.3 is 16.0 Å². The Morgan fingerprint density at radius 1 is 0.900 bits per heavy atom. The van der Waals surface area contributed by atoms with Gasteiger partial charge in [-0.25, -0.2) is 23.5 Å². The summed E-state index contributed by atoms with van der Waals surface area (Å²) in [6.45, 7) is 0. The first kappa shape index (κ1) is 20.0. The van der Waals surface area contributed by atoms with Crippen LogP contribution in [0, 0.1) is 15.2 Å². The second kappa shape index (κ2) is 8.57. The number of aromatic nitrogens is 2. The van der Waals surface area contributed by atoms with Crippen LogP contribution in [0.5, 0.6) is 0 Å². The molecule has 3 aromatic carbocycles. The SMILES string of the molecule is O=C(Nc1cccc(Nc2ncnc3ccc(I)cc23)c1)Nc1cc(F)ccc1F. The van der Waals surface area contributed by atoms with Crippen LogP contribution >= 0.6 is 22.6 Å². The van der Waals surface area contributed by atoms with Gasteiger partial charge in [0.15, 0.2) is 0 Å². The summed E-state index contributed by atoms with van der Waals surface area (Å²) in [7, 11) is 0. The van der Waals surface area contributed by atoms with Crippen LogP contribution in [0.15, 0.2) is 67.0 Å². The first-order valence-electron chi connectivity index (χ1n) is 8.78. The third-order valence-electron chi connectivity index (χ3n) is 4.16. The molecule has 150 valence electrons. The Hall–Kier alpha value is -3.34. The molecular formula is C21H14F2IN5O. The van der Waals surface area contributed by atoms with Crippen molar-refractivity contribution in [3.05, 3.63) is 82.2 Å². The van der Waals surface area contributed by atoms with Gasteiger partial charge in [0.05, 0.1) is 11.2 Å². The van der Waals surface area contributed by atoms with Crippen LogP contribution in [-0.2, 0) is 0 Å². The van der Waals surface area contributed by atoms with E-state index in [-0.39, 0.29) is 5.69 Å². The fraction of sp³-hybridized carbons (Fsp3) is 0. The summed E-state index contributed by atoms with van der Waals surface area (Å²) in [4.78, 5) is 20.7. The number of hydrogen-bond acceptors (Lipinski definition) is 4. The molecule has 4 rings (SSSR count). The lowest BCUT2D eigenvalue weighted by Crippen LogP contribution is -2.20. The van der Waals surface area contributed by atoms with E-state index in [0.29, 0.717) is 17.2 Å². The summed E-state index contributed by atoms with van der Waals surface area (Å²) in [5.74, 6) is -0.751. The predicted molar refractivity (Wildman–Crippen MR) is 121 cm³/mol. The Morgan fingerprint density at radius 2 is 1.73 bits per heavy atom. The number of anilines is 4. The van der Waals surface area contributed by atoms with Crippen molar-refractivity contribution in [1.29, 1.82) is 0 Å². The Balaban J connectivity index is 1.51. The molecule has 0 aliphatic carbocycles. The molecule has 0 radical (unpaired) electrons. The fourth-order valence-corrected chi connectivity index (χ4v) is 3.31. The lowest BCUT2D eigenvalue weighted by Gasteiger charge is -2.12. The minimum absolute atomic E-state index is 0.246. The average Bonchev–Trinajstić information content (AvgIpc) is 2.71. The molecule has 0 atom stereocenters. The molecule has 2 amide bonds. The van der Waals surface area contributed by atoms with Gasteiger partial charge in [0.2, 0.25) is 0 Å². The van der Waals surface area contributed by atoms with E-state index in [4.69, 9.17) is 0 Å². The van der Waals surface area contributed by atoms with Gasteiger partial charge in [0, 0.05) is 26.4 Å². The highest BCUT2D eigenvalue weighted by Gasteiger charge is 2.10. The summed E-state index contributed by atoms with van der Waals surface area (Å²) in [6.07, 6.45) is 1.47. The molecular weight excluding hydrogens is 503 g/mol. The fourth-order valence-electron chi connectivity index (χ4n) is 2.82. The number of urea groups is 1. The summed E-state index contributed by atoms with van der Waals surface area (Å²) >= 11 is 2.22. The molecule has 3 N–H and O–H groups in total. The second-order valence-electron chi connectivity index (χ2n) is 6.29. The van der Waals surface area contributed by atoms with Gasteiger partial charge in [-0.15, -0.1) is 0 Å². The van der Waals surface area contributed by atoms with Crippen molar-refractivity contribution in [3.8, 4) is 0 Å². The van der Waals surface area contributed by atoms with Crippen LogP contribution in [0.25, 0.3) is 10.9 Å². The first-order valence-corrected chi connectivity index (χ1v) is 9.86. The monoisotopic (exact) mass is 517 g/mol. The van der Waals surface area contributed by atoms with Crippen LogP contribution < -0.4 is 16.0 Å². The van der Waals surface area contributed by atoms with Gasteiger partial charge in [0.25, 0.3) is 0 Å². The van der Waals surface area contributed by atoms with Crippen molar-refractivity contribution in [2.45, 2.75) is 0 Å². The zero-order valence-corrected chi connectivity index (χ0v) is 17.4. The maximum atomic E-state index is 13.7. The van der Waals surface area contributed by atoms with Gasteiger partial charge in [0.1, 0.15) is 23.8 Å². The molecule has 0 aliphatic heterocycles. The van der Waals surface area contributed by atoms with Gasteiger partial charge >= 0.3 is 6.03 Å². The van der Waals surface area contributed by atoms with E-state index in [2.05, 4.69) is 48.5 Å². The van der Waals surface area contributed by atoms with Crippen molar-refractivity contribution in [2.24, 2.45) is 0 Å². The van der Waals surface area contributed by atoms with Crippen molar-refractivity contribution >= 4 is 62.4 Å². The highest BCUT2D eigenvalue weighted by molar-refractivity contribution is 14.1. The number of benzene rings is 3. The van der Waals surface area contributed by atoms with Gasteiger partial charge in [-0.2, -0.15) is 0 Å². The first-order chi connectivity index (χ1) is 14.5. The molecule has 0 saturated carbocycles. The average molecular weight is 517 g/mol. The lowest BCUT2D eigenvalue weighted by atomic mass is 10.2. The molecule has 0 aliphatic rings. The van der Waals surface area contributed by atoms with E-state index in [1.54, 1.807) is 18.2 Å². The van der Waals surface area contributed by atoms with Crippen LogP contribution in [0.1, 0.15) is 0 Å². The molecule has 9 heteroatoms. The molecule has 6 nitrogen and oxygen atoms in total. The van der Waals surface area contributed by atoms with Gasteiger partial charge in [-0.05, 0) is 71.1 Å². The minimum Gasteiger partial charge on any atom is -0.340 e. The van der Waals surface area contributed by atoms with Crippen molar-refractivity contribution in [1.82, 2.24) is 9.97 Å². The number of halogens is 3. The van der Waals surface area contributed by atoms with Crippen LogP contribution in [0.4, 0.5) is 36.5 Å². The molecule has 1 aromatic heterocycles. The minimum atomic E-state index is -0.729. The number of rotatable bonds is 4. The number of nitrogens with one attached hydrogen (secondary N) is 3. The maximum absolute atomic E-state index is 13.7. The van der Waals surface area contributed by atoms with Crippen molar-refractivity contribution in [3.63, 3.8) is 0 Å². The Morgan fingerprint density at radius 3 is 2.60 bits per heavy atom. The molecule has 0 fully saturated rings. The van der Waals surface area contributed by atoms with Crippen LogP contribution in [-0.4, -0.2) is 16.0 Å². The number of fused-ring (bicyclic) bond motifs is 1. The summed E-state index contributed by atoms with van der Waals surface area (Å²) in [6, 6.07) is 14.9. The van der Waals surface area contributed by atoms with E-state index < -0.39 is 17.7 Å². The Bertz CT molecular complexity index is 1250. The van der Waals surface area contributed by atoms with Crippen LogP contribution in [0.2, 0.25) is 0 Å². The zero-order valence-electron chi connectivity index (χ0n) is 15.3. The number of nitrogens with zero attached hydrogens (tertiary/aromatic N) is 2. The largest absolute Gasteiger partial charge is 0.340 e. The highest BCUT2D eigenvalue weighted by Crippen LogP contribution is 2.26. The number of carbonyl (C=O) groups is 1. The predicted octanol–water partition coefficient (Wildman–Crippen LogP) is 5.90. The standard InChI is InChI=1S/C21H14F2IN5O/c22-12-4-6-17(23)19(8-12)29-21(30)28-15-3-1-2-14(10-15)27-20-16-9-13(24)5-7-18(16)25-11-26-20/h1-11H,(H,25,26,27)(H2,28,29,30). The van der Waals surface area contributed by atoms with Gasteiger partial charge in [-0.1, -0.05) is 6.07 Å². The lowest BCUT2D eigenvalue weighted by molar-refractivity contribution is 0.262. The quantitative estimate of drug-likeness (QED) is 0.295. The molecule has 30 heavy (non-hydrogen) atoms. The van der Waals surface area contributed by atoms with Crippen molar-refractivity contribution in [2.75, 3.05) is 16.0 Å². The maximum Gasteiger partial charge on any atom is 0.323 e. The Labute approximate surface area is 183 Å². The molecule has 1 heterocycles. The van der Waals surface area contributed by atoms with E-state index in [9.17, 15) is 13.6 Å². The molecule has 4 aromatic rings. The molecule has 0 saturated heterocycles. The topological polar surface area (TPSA) is 78.9 Å².